The molecule has 0 aromatic carbocycles. The van der Waals surface area contributed by atoms with Crippen LogP contribution in [0.15, 0.2) is 6.20 Å². The van der Waals surface area contributed by atoms with Crippen LogP contribution in [0.25, 0.3) is 5.65 Å². The first-order chi connectivity index (χ1) is 10.4. The fourth-order valence-corrected chi connectivity index (χ4v) is 2.47. The molecule has 116 valence electrons. The standard InChI is InChI=1S/C12H14N6O4/c1-2-12(4-19)8(21)6(20)7(22-12)5-3-15-10-9(13)16-11(14)17-18(5)10/h1,3,6-8,19-21H,4H2,(H4,13,14,16,17)/t6?,7-,8?,12+/m0/s1. The maximum absolute atomic E-state index is 10.2. The highest BCUT2D eigenvalue weighted by Gasteiger charge is 2.54. The average Bonchev–Trinajstić information content (AvgIpc) is 3.01. The first-order valence-electron chi connectivity index (χ1n) is 6.32. The van der Waals surface area contributed by atoms with Crippen molar-refractivity contribution in [2.75, 3.05) is 18.1 Å². The maximum Gasteiger partial charge on any atom is 0.240 e. The molecular weight excluding hydrogens is 292 g/mol. The van der Waals surface area contributed by atoms with Gasteiger partial charge in [-0.05, 0) is 0 Å². The molecule has 0 spiro atoms. The zero-order chi connectivity index (χ0) is 16.1. The van der Waals surface area contributed by atoms with Crippen molar-refractivity contribution in [2.45, 2.75) is 23.9 Å². The molecule has 2 aromatic rings. The summed E-state index contributed by atoms with van der Waals surface area (Å²) in [6.45, 7) is -0.659. The van der Waals surface area contributed by atoms with Gasteiger partial charge in [-0.3, -0.25) is 0 Å². The Hall–Kier alpha value is -2.45. The molecule has 10 heteroatoms. The molecule has 7 N–H and O–H groups in total. The smallest absolute Gasteiger partial charge is 0.240 e. The summed E-state index contributed by atoms with van der Waals surface area (Å²) in [5.41, 5.74) is 10.0. The van der Waals surface area contributed by atoms with Crippen LogP contribution in [0.5, 0.6) is 0 Å². The number of aliphatic hydroxyl groups excluding tert-OH is 3. The molecule has 0 amide bonds. The van der Waals surface area contributed by atoms with Gasteiger partial charge < -0.3 is 31.5 Å². The van der Waals surface area contributed by atoms with Gasteiger partial charge in [0.15, 0.2) is 17.1 Å². The van der Waals surface area contributed by atoms with Crippen LogP contribution in [-0.4, -0.2) is 59.3 Å². The monoisotopic (exact) mass is 306 g/mol. The maximum atomic E-state index is 10.2. The van der Waals surface area contributed by atoms with Gasteiger partial charge in [-0.2, -0.15) is 4.98 Å². The summed E-state index contributed by atoms with van der Waals surface area (Å²) in [4.78, 5) is 7.81. The fraction of sp³-hybridized carbons (Fsp3) is 0.417. The molecule has 0 aliphatic carbocycles. The normalized spacial score (nSPS) is 31.5. The highest BCUT2D eigenvalue weighted by Crippen LogP contribution is 2.39. The van der Waals surface area contributed by atoms with Crippen molar-refractivity contribution in [3.63, 3.8) is 0 Å². The highest BCUT2D eigenvalue weighted by atomic mass is 16.6. The number of rotatable bonds is 2. The van der Waals surface area contributed by atoms with E-state index in [0.717, 1.165) is 0 Å². The number of anilines is 2. The minimum atomic E-state index is -1.71. The molecule has 1 fully saturated rings. The van der Waals surface area contributed by atoms with E-state index in [0.29, 0.717) is 0 Å². The second-order valence-corrected chi connectivity index (χ2v) is 4.94. The Morgan fingerprint density at radius 1 is 1.45 bits per heavy atom. The average molecular weight is 306 g/mol. The molecule has 0 saturated carbocycles. The Labute approximate surface area is 124 Å². The van der Waals surface area contributed by atoms with Crippen molar-refractivity contribution in [1.82, 2.24) is 19.6 Å². The minimum Gasteiger partial charge on any atom is -0.392 e. The first-order valence-corrected chi connectivity index (χ1v) is 6.32. The number of terminal acetylenes is 1. The van der Waals surface area contributed by atoms with Crippen LogP contribution >= 0.6 is 0 Å². The van der Waals surface area contributed by atoms with Gasteiger partial charge in [0.25, 0.3) is 0 Å². The molecule has 4 atom stereocenters. The molecule has 1 aliphatic rings. The van der Waals surface area contributed by atoms with Crippen LogP contribution in [-0.2, 0) is 4.74 Å². The quantitative estimate of drug-likeness (QED) is 0.375. The van der Waals surface area contributed by atoms with Crippen molar-refractivity contribution in [1.29, 1.82) is 0 Å². The van der Waals surface area contributed by atoms with Gasteiger partial charge in [-0.1, -0.05) is 5.92 Å². The lowest BCUT2D eigenvalue weighted by atomic mass is 9.96. The highest BCUT2D eigenvalue weighted by molar-refractivity contribution is 5.60. The molecule has 10 nitrogen and oxygen atoms in total. The topological polar surface area (TPSA) is 165 Å². The Bertz CT molecular complexity index is 771. The molecule has 1 aliphatic heterocycles. The van der Waals surface area contributed by atoms with Crippen LogP contribution < -0.4 is 11.5 Å². The summed E-state index contributed by atoms with van der Waals surface area (Å²) in [5.74, 6) is 2.13. The zero-order valence-electron chi connectivity index (χ0n) is 11.3. The third kappa shape index (κ3) is 1.81. The lowest BCUT2D eigenvalue weighted by Gasteiger charge is -2.23. The number of nitrogens with two attached hydrogens (primary N) is 2. The molecule has 1 saturated heterocycles. The van der Waals surface area contributed by atoms with E-state index in [4.69, 9.17) is 22.6 Å². The molecule has 0 radical (unpaired) electrons. The van der Waals surface area contributed by atoms with E-state index in [1.165, 1.54) is 10.7 Å². The molecule has 2 aromatic heterocycles. The van der Waals surface area contributed by atoms with Gasteiger partial charge in [-0.15, -0.1) is 11.5 Å². The summed E-state index contributed by atoms with van der Waals surface area (Å²) in [6, 6.07) is 0. The number of hydrogen-bond acceptors (Lipinski definition) is 9. The van der Waals surface area contributed by atoms with Gasteiger partial charge in [-0.25, -0.2) is 9.50 Å². The third-order valence-electron chi connectivity index (χ3n) is 3.65. The van der Waals surface area contributed by atoms with E-state index < -0.39 is 30.5 Å². The lowest BCUT2D eigenvalue weighted by molar-refractivity contribution is -0.0732. The fourth-order valence-electron chi connectivity index (χ4n) is 2.47. The largest absolute Gasteiger partial charge is 0.392 e. The molecule has 3 heterocycles. The van der Waals surface area contributed by atoms with Crippen LogP contribution in [0, 0.1) is 12.3 Å². The van der Waals surface area contributed by atoms with Crippen molar-refractivity contribution >= 4 is 17.4 Å². The van der Waals surface area contributed by atoms with E-state index in [9.17, 15) is 15.3 Å². The van der Waals surface area contributed by atoms with Crippen LogP contribution in [0.4, 0.5) is 11.8 Å². The number of imidazole rings is 1. The summed E-state index contributed by atoms with van der Waals surface area (Å²) in [5, 5.41) is 33.6. The van der Waals surface area contributed by atoms with Gasteiger partial charge in [0.2, 0.25) is 5.95 Å². The second-order valence-electron chi connectivity index (χ2n) is 4.94. The van der Waals surface area contributed by atoms with Crippen molar-refractivity contribution in [3.05, 3.63) is 11.9 Å². The SMILES string of the molecule is C#C[C@]1(CO)O[C@@H](c2cnc3c(N)nc(N)nn23)C(O)C1O. The van der Waals surface area contributed by atoms with E-state index in [1.807, 2.05) is 0 Å². The van der Waals surface area contributed by atoms with Crippen LogP contribution in [0.2, 0.25) is 0 Å². The number of nitrogen functional groups attached to an aromatic ring is 2. The Kier molecular flexibility index (Phi) is 3.15. The second kappa shape index (κ2) is 4.79. The lowest BCUT2D eigenvalue weighted by Crippen LogP contribution is -2.44. The summed E-state index contributed by atoms with van der Waals surface area (Å²) >= 11 is 0. The van der Waals surface area contributed by atoms with Crippen LogP contribution in [0.3, 0.4) is 0 Å². The molecule has 3 rings (SSSR count). The predicted molar refractivity (Wildman–Crippen MR) is 74.1 cm³/mol. The zero-order valence-corrected chi connectivity index (χ0v) is 11.3. The van der Waals surface area contributed by atoms with Gasteiger partial charge in [0.05, 0.1) is 18.5 Å². The summed E-state index contributed by atoms with van der Waals surface area (Å²) < 4.78 is 6.77. The third-order valence-corrected chi connectivity index (χ3v) is 3.65. The Morgan fingerprint density at radius 2 is 2.18 bits per heavy atom. The molecule has 0 bridgehead atoms. The number of nitrogens with zero attached hydrogens (tertiary/aromatic N) is 4. The molecular formula is C12H14N6O4. The predicted octanol–water partition coefficient (Wildman–Crippen LogP) is -2.55. The van der Waals surface area contributed by atoms with Gasteiger partial charge >= 0.3 is 0 Å². The van der Waals surface area contributed by atoms with Crippen molar-refractivity contribution < 1.29 is 20.1 Å². The number of aliphatic hydroxyl groups is 3. The molecule has 2 unspecified atom stereocenters. The Balaban J connectivity index is 2.11. The van der Waals surface area contributed by atoms with E-state index in [-0.39, 0.29) is 23.1 Å². The van der Waals surface area contributed by atoms with Crippen LogP contribution in [0.1, 0.15) is 11.8 Å². The minimum absolute atomic E-state index is 0.0529. The summed E-state index contributed by atoms with van der Waals surface area (Å²) in [6.07, 6.45) is 2.73. The van der Waals surface area contributed by atoms with Crippen molar-refractivity contribution in [3.8, 4) is 12.3 Å². The van der Waals surface area contributed by atoms with Crippen molar-refractivity contribution in [2.24, 2.45) is 0 Å². The Morgan fingerprint density at radius 3 is 2.77 bits per heavy atom. The summed E-state index contributed by atoms with van der Waals surface area (Å²) in [7, 11) is 0. The van der Waals surface area contributed by atoms with E-state index in [2.05, 4.69) is 21.0 Å². The van der Waals surface area contributed by atoms with E-state index in [1.54, 1.807) is 0 Å². The van der Waals surface area contributed by atoms with Gasteiger partial charge in [0, 0.05) is 0 Å². The molecule has 22 heavy (non-hydrogen) atoms. The number of fused-ring (bicyclic) bond motifs is 1. The van der Waals surface area contributed by atoms with E-state index >= 15 is 0 Å². The number of hydrogen-bond donors (Lipinski definition) is 5. The first kappa shape index (κ1) is 14.5. The number of ether oxygens (including phenoxy) is 1. The number of aromatic nitrogens is 4. The van der Waals surface area contributed by atoms with Gasteiger partial charge in [0.1, 0.15) is 18.3 Å².